The molecule has 0 radical (unpaired) electrons. The third kappa shape index (κ3) is 5.19. The van der Waals surface area contributed by atoms with Gasteiger partial charge in [0, 0.05) is 31.1 Å². The van der Waals surface area contributed by atoms with Crippen molar-refractivity contribution >= 4 is 35.0 Å². The van der Waals surface area contributed by atoms with Gasteiger partial charge in [0.25, 0.3) is 5.91 Å². The Labute approximate surface area is 160 Å². The molecule has 3 N–H and O–H groups in total. The van der Waals surface area contributed by atoms with Crippen LogP contribution in [0.3, 0.4) is 0 Å². The third-order valence-corrected chi connectivity index (χ3v) is 4.82. The molecule has 0 bridgehead atoms. The third-order valence-electron chi connectivity index (χ3n) is 4.82. The van der Waals surface area contributed by atoms with E-state index >= 15 is 0 Å². The summed E-state index contributed by atoms with van der Waals surface area (Å²) in [5.41, 5.74) is 0.615. The average Bonchev–Trinajstić information content (AvgIpc) is 2.63. The molecule has 2 unspecified atom stereocenters. The van der Waals surface area contributed by atoms with Crippen molar-refractivity contribution in [1.82, 2.24) is 16.0 Å². The van der Waals surface area contributed by atoms with Crippen molar-refractivity contribution in [2.45, 2.75) is 25.8 Å². The molecule has 0 aliphatic carbocycles. The molecule has 0 saturated carbocycles. The van der Waals surface area contributed by atoms with Crippen LogP contribution in [0.4, 0.5) is 0 Å². The van der Waals surface area contributed by atoms with E-state index in [1.807, 2.05) is 42.5 Å². The molecule has 1 fully saturated rings. The number of fused-ring (bicyclic) bond motifs is 1. The Morgan fingerprint density at radius 2 is 1.92 bits per heavy atom. The van der Waals surface area contributed by atoms with E-state index in [1.165, 1.54) is 0 Å². The molecule has 140 valence electrons. The first kappa shape index (κ1) is 20.2. The van der Waals surface area contributed by atoms with Crippen LogP contribution < -0.4 is 16.0 Å². The summed E-state index contributed by atoms with van der Waals surface area (Å²) in [5, 5.41) is 11.3. The van der Waals surface area contributed by atoms with Gasteiger partial charge in [0.2, 0.25) is 5.91 Å². The van der Waals surface area contributed by atoms with Gasteiger partial charge < -0.3 is 16.0 Å². The number of carbonyl (C=O) groups excluding carboxylic acids is 2. The lowest BCUT2D eigenvalue weighted by Gasteiger charge is -2.30. The second kappa shape index (κ2) is 9.55. The van der Waals surface area contributed by atoms with Crippen molar-refractivity contribution in [2.24, 2.45) is 5.92 Å². The number of hydrogen-bond donors (Lipinski definition) is 3. The van der Waals surface area contributed by atoms with Gasteiger partial charge in [-0.15, -0.1) is 12.4 Å². The number of hydrogen-bond acceptors (Lipinski definition) is 3. The molecule has 3 rings (SSSR count). The highest BCUT2D eigenvalue weighted by atomic mass is 35.5. The highest BCUT2D eigenvalue weighted by Crippen LogP contribution is 2.15. The first-order valence-electron chi connectivity index (χ1n) is 8.90. The Hall–Kier alpha value is -2.11. The predicted octanol–water partition coefficient (Wildman–Crippen LogP) is 2.50. The largest absolute Gasteiger partial charge is 0.352 e. The standard InChI is InChI=1S/C20H25N3O2.ClH/c1-14-8-10-21-13-18(14)23-19(24)9-11-22-20(25)17-7-6-15-4-2-3-5-16(15)12-17;/h2-7,12,14,18,21H,8-11,13H2,1H3,(H,22,25)(H,23,24);1H. The van der Waals surface area contributed by atoms with Gasteiger partial charge in [-0.3, -0.25) is 9.59 Å². The zero-order valence-corrected chi connectivity index (χ0v) is 15.8. The highest BCUT2D eigenvalue weighted by molar-refractivity contribution is 5.98. The van der Waals surface area contributed by atoms with Crippen LogP contribution in [0.25, 0.3) is 10.8 Å². The van der Waals surface area contributed by atoms with Crippen molar-refractivity contribution in [3.63, 3.8) is 0 Å². The minimum atomic E-state index is -0.147. The van der Waals surface area contributed by atoms with Crippen LogP contribution in [0.15, 0.2) is 42.5 Å². The monoisotopic (exact) mass is 375 g/mol. The summed E-state index contributed by atoms with van der Waals surface area (Å²) in [7, 11) is 0. The molecule has 6 heteroatoms. The number of piperidine rings is 1. The van der Waals surface area contributed by atoms with Gasteiger partial charge in [-0.2, -0.15) is 0 Å². The van der Waals surface area contributed by atoms with Crippen molar-refractivity contribution < 1.29 is 9.59 Å². The molecule has 1 saturated heterocycles. The number of benzene rings is 2. The fourth-order valence-corrected chi connectivity index (χ4v) is 3.18. The zero-order chi connectivity index (χ0) is 17.6. The molecule has 2 aromatic rings. The van der Waals surface area contributed by atoms with E-state index in [2.05, 4.69) is 22.9 Å². The van der Waals surface area contributed by atoms with Gasteiger partial charge in [0.15, 0.2) is 0 Å². The molecule has 1 heterocycles. The summed E-state index contributed by atoms with van der Waals surface area (Å²) < 4.78 is 0. The van der Waals surface area contributed by atoms with Crippen LogP contribution in [0.1, 0.15) is 30.1 Å². The molecule has 1 aliphatic rings. The van der Waals surface area contributed by atoms with Crippen molar-refractivity contribution in [1.29, 1.82) is 0 Å². The Balaban J connectivity index is 0.00000243. The first-order valence-corrected chi connectivity index (χ1v) is 8.90. The lowest BCUT2D eigenvalue weighted by atomic mass is 9.95. The minimum Gasteiger partial charge on any atom is -0.352 e. The molecule has 2 atom stereocenters. The summed E-state index contributed by atoms with van der Waals surface area (Å²) in [6.45, 7) is 4.32. The van der Waals surface area contributed by atoms with E-state index < -0.39 is 0 Å². The molecular formula is C20H26ClN3O2. The normalized spacial score (nSPS) is 19.4. The van der Waals surface area contributed by atoms with E-state index in [4.69, 9.17) is 0 Å². The quantitative estimate of drug-likeness (QED) is 0.752. The second-order valence-electron chi connectivity index (χ2n) is 6.71. The maximum Gasteiger partial charge on any atom is 0.251 e. The van der Waals surface area contributed by atoms with Crippen LogP contribution in [-0.4, -0.2) is 37.5 Å². The maximum atomic E-state index is 12.3. The molecule has 2 aromatic carbocycles. The average molecular weight is 376 g/mol. The molecule has 0 spiro atoms. The van der Waals surface area contributed by atoms with Crippen LogP contribution in [-0.2, 0) is 4.79 Å². The van der Waals surface area contributed by atoms with Crippen LogP contribution in [0.2, 0.25) is 0 Å². The maximum absolute atomic E-state index is 12.3. The molecule has 2 amide bonds. The number of rotatable bonds is 5. The molecule has 1 aliphatic heterocycles. The van der Waals surface area contributed by atoms with Crippen molar-refractivity contribution in [3.8, 4) is 0 Å². The van der Waals surface area contributed by atoms with Crippen LogP contribution in [0.5, 0.6) is 0 Å². The first-order chi connectivity index (χ1) is 12.1. The summed E-state index contributed by atoms with van der Waals surface area (Å²) in [6.07, 6.45) is 1.37. The highest BCUT2D eigenvalue weighted by Gasteiger charge is 2.22. The van der Waals surface area contributed by atoms with Crippen molar-refractivity contribution in [3.05, 3.63) is 48.0 Å². The van der Waals surface area contributed by atoms with Gasteiger partial charge in [0.1, 0.15) is 0 Å². The summed E-state index contributed by atoms with van der Waals surface area (Å²) >= 11 is 0. The van der Waals surface area contributed by atoms with Gasteiger partial charge in [-0.1, -0.05) is 37.3 Å². The minimum absolute atomic E-state index is 0. The van der Waals surface area contributed by atoms with Gasteiger partial charge >= 0.3 is 0 Å². The number of carbonyl (C=O) groups is 2. The van der Waals surface area contributed by atoms with E-state index in [9.17, 15) is 9.59 Å². The number of amides is 2. The fraction of sp³-hybridized carbons (Fsp3) is 0.400. The van der Waals surface area contributed by atoms with E-state index in [0.717, 1.165) is 30.3 Å². The Kier molecular flexibility index (Phi) is 7.42. The Morgan fingerprint density at radius 3 is 2.69 bits per heavy atom. The van der Waals surface area contributed by atoms with Crippen LogP contribution in [0, 0.1) is 5.92 Å². The van der Waals surface area contributed by atoms with E-state index in [1.54, 1.807) is 0 Å². The fourth-order valence-electron chi connectivity index (χ4n) is 3.18. The smallest absolute Gasteiger partial charge is 0.251 e. The summed E-state index contributed by atoms with van der Waals surface area (Å²) in [5.74, 6) is 0.322. The second-order valence-corrected chi connectivity index (χ2v) is 6.71. The lowest BCUT2D eigenvalue weighted by Crippen LogP contribution is -2.50. The number of halogens is 1. The summed E-state index contributed by atoms with van der Waals surface area (Å²) in [6, 6.07) is 13.7. The van der Waals surface area contributed by atoms with Gasteiger partial charge in [-0.05, 0) is 41.8 Å². The van der Waals surface area contributed by atoms with Gasteiger partial charge in [0.05, 0.1) is 0 Å². The molecule has 0 aromatic heterocycles. The molecular weight excluding hydrogens is 350 g/mol. The number of nitrogens with one attached hydrogen (secondary N) is 3. The summed E-state index contributed by atoms with van der Waals surface area (Å²) in [4.78, 5) is 24.3. The van der Waals surface area contributed by atoms with Gasteiger partial charge in [-0.25, -0.2) is 0 Å². The van der Waals surface area contributed by atoms with Crippen molar-refractivity contribution in [2.75, 3.05) is 19.6 Å². The zero-order valence-electron chi connectivity index (χ0n) is 15.0. The molecule has 26 heavy (non-hydrogen) atoms. The SMILES string of the molecule is CC1CCNCC1NC(=O)CCNC(=O)c1ccc2ccccc2c1.Cl. The van der Waals surface area contributed by atoms with E-state index in [0.29, 0.717) is 24.4 Å². The topological polar surface area (TPSA) is 70.2 Å². The van der Waals surface area contributed by atoms with E-state index in [-0.39, 0.29) is 30.3 Å². The Morgan fingerprint density at radius 1 is 1.15 bits per heavy atom. The molecule has 5 nitrogen and oxygen atoms in total. The lowest BCUT2D eigenvalue weighted by molar-refractivity contribution is -0.122. The Bertz CT molecular complexity index is 766. The predicted molar refractivity (Wildman–Crippen MR) is 107 cm³/mol. The van der Waals surface area contributed by atoms with Crippen LogP contribution >= 0.6 is 12.4 Å².